The van der Waals surface area contributed by atoms with Crippen molar-refractivity contribution in [1.29, 1.82) is 0 Å². The second kappa shape index (κ2) is 5.76. The largest absolute Gasteiger partial charge is 0.298 e. The van der Waals surface area contributed by atoms with E-state index in [1.807, 2.05) is 37.3 Å². The molecule has 3 aromatic carbocycles. The summed E-state index contributed by atoms with van der Waals surface area (Å²) in [6, 6.07) is 24.5. The third-order valence-electron chi connectivity index (χ3n) is 3.64. The maximum Gasteiger partial charge on any atom is 0.150 e. The fourth-order valence-corrected chi connectivity index (χ4v) is 2.50. The van der Waals surface area contributed by atoms with Gasteiger partial charge in [0.15, 0.2) is 6.29 Å². The Labute approximate surface area is 124 Å². The first kappa shape index (κ1) is 13.3. The first-order valence-corrected chi connectivity index (χ1v) is 6.99. The van der Waals surface area contributed by atoms with Crippen LogP contribution < -0.4 is 0 Å². The number of aldehydes is 1. The van der Waals surface area contributed by atoms with E-state index in [4.69, 9.17) is 0 Å². The zero-order valence-electron chi connectivity index (χ0n) is 11.9. The highest BCUT2D eigenvalue weighted by Crippen LogP contribution is 2.27. The third-order valence-corrected chi connectivity index (χ3v) is 3.64. The van der Waals surface area contributed by atoms with Crippen LogP contribution in [-0.2, 0) is 0 Å². The van der Waals surface area contributed by atoms with Crippen LogP contribution in [0.25, 0.3) is 22.3 Å². The summed E-state index contributed by atoms with van der Waals surface area (Å²) in [7, 11) is 0. The molecule has 1 nitrogen and oxygen atoms in total. The maximum absolute atomic E-state index is 11.2. The molecule has 3 rings (SSSR count). The minimum absolute atomic E-state index is 0.730. The number of benzene rings is 3. The number of rotatable bonds is 3. The van der Waals surface area contributed by atoms with Crippen molar-refractivity contribution < 1.29 is 4.79 Å². The van der Waals surface area contributed by atoms with Crippen molar-refractivity contribution in [2.45, 2.75) is 6.92 Å². The molecule has 0 atom stereocenters. The van der Waals surface area contributed by atoms with Crippen molar-refractivity contribution in [3.63, 3.8) is 0 Å². The highest BCUT2D eigenvalue weighted by atomic mass is 16.1. The highest BCUT2D eigenvalue weighted by Gasteiger charge is 2.05. The Kier molecular flexibility index (Phi) is 3.65. The second-order valence-electron chi connectivity index (χ2n) is 5.15. The number of hydrogen-bond acceptors (Lipinski definition) is 1. The lowest BCUT2D eigenvalue weighted by Gasteiger charge is -2.08. The molecule has 3 aromatic rings. The molecule has 1 heteroatoms. The van der Waals surface area contributed by atoms with Crippen molar-refractivity contribution in [2.75, 3.05) is 0 Å². The number of hydrogen-bond donors (Lipinski definition) is 0. The predicted molar refractivity (Wildman–Crippen MR) is 87.4 cm³/mol. The van der Waals surface area contributed by atoms with Crippen LogP contribution >= 0.6 is 0 Å². The standard InChI is InChI=1S/C20H16O/c1-15-7-8-19(14-21)20(13-15)18-11-9-17(10-12-18)16-5-3-2-4-6-16/h2-14H,1H3. The first-order valence-electron chi connectivity index (χ1n) is 6.99. The quantitative estimate of drug-likeness (QED) is 0.603. The van der Waals surface area contributed by atoms with Gasteiger partial charge in [-0.05, 0) is 29.2 Å². The molecule has 21 heavy (non-hydrogen) atoms. The van der Waals surface area contributed by atoms with Crippen molar-refractivity contribution in [2.24, 2.45) is 0 Å². The number of aryl methyl sites for hydroxylation is 1. The summed E-state index contributed by atoms with van der Waals surface area (Å²) in [5, 5.41) is 0. The molecule has 0 spiro atoms. The van der Waals surface area contributed by atoms with Gasteiger partial charge in [0.1, 0.15) is 0 Å². The van der Waals surface area contributed by atoms with Crippen molar-refractivity contribution in [1.82, 2.24) is 0 Å². The molecule has 0 amide bonds. The minimum Gasteiger partial charge on any atom is -0.298 e. The van der Waals surface area contributed by atoms with E-state index in [0.29, 0.717) is 0 Å². The lowest BCUT2D eigenvalue weighted by Crippen LogP contribution is -1.89. The van der Waals surface area contributed by atoms with Gasteiger partial charge in [0.25, 0.3) is 0 Å². The Morgan fingerprint density at radius 2 is 1.33 bits per heavy atom. The van der Waals surface area contributed by atoms with Gasteiger partial charge in [0.05, 0.1) is 0 Å². The van der Waals surface area contributed by atoms with Crippen LogP contribution in [0.15, 0.2) is 72.8 Å². The maximum atomic E-state index is 11.2. The summed E-state index contributed by atoms with van der Waals surface area (Å²) < 4.78 is 0. The van der Waals surface area contributed by atoms with E-state index in [1.54, 1.807) is 0 Å². The predicted octanol–water partition coefficient (Wildman–Crippen LogP) is 5.14. The molecule has 0 aliphatic carbocycles. The van der Waals surface area contributed by atoms with E-state index in [-0.39, 0.29) is 0 Å². The SMILES string of the molecule is Cc1ccc(C=O)c(-c2ccc(-c3ccccc3)cc2)c1. The second-order valence-corrected chi connectivity index (χ2v) is 5.15. The van der Waals surface area contributed by atoms with Crippen LogP contribution in [-0.4, -0.2) is 6.29 Å². The molecule has 0 heterocycles. The topological polar surface area (TPSA) is 17.1 Å². The van der Waals surface area contributed by atoms with Gasteiger partial charge in [-0.15, -0.1) is 0 Å². The van der Waals surface area contributed by atoms with Crippen molar-refractivity contribution >= 4 is 6.29 Å². The van der Waals surface area contributed by atoms with Gasteiger partial charge >= 0.3 is 0 Å². The van der Waals surface area contributed by atoms with E-state index < -0.39 is 0 Å². The van der Waals surface area contributed by atoms with Gasteiger partial charge in [-0.3, -0.25) is 4.79 Å². The zero-order valence-corrected chi connectivity index (χ0v) is 11.9. The van der Waals surface area contributed by atoms with Crippen LogP contribution in [0, 0.1) is 6.92 Å². The molecular weight excluding hydrogens is 256 g/mol. The average molecular weight is 272 g/mol. The van der Waals surface area contributed by atoms with Crippen molar-refractivity contribution in [3.05, 3.63) is 83.9 Å². The van der Waals surface area contributed by atoms with Gasteiger partial charge < -0.3 is 0 Å². The van der Waals surface area contributed by atoms with Crippen LogP contribution in [0.5, 0.6) is 0 Å². The fraction of sp³-hybridized carbons (Fsp3) is 0.0500. The van der Waals surface area contributed by atoms with Gasteiger partial charge in [0, 0.05) is 5.56 Å². The van der Waals surface area contributed by atoms with Crippen LogP contribution in [0.3, 0.4) is 0 Å². The zero-order chi connectivity index (χ0) is 14.7. The molecule has 0 aliphatic rings. The fourth-order valence-electron chi connectivity index (χ4n) is 2.50. The summed E-state index contributed by atoms with van der Waals surface area (Å²) >= 11 is 0. The molecule has 0 radical (unpaired) electrons. The van der Waals surface area contributed by atoms with Gasteiger partial charge in [-0.1, -0.05) is 78.4 Å². The Hall–Kier alpha value is -2.67. The van der Waals surface area contributed by atoms with Gasteiger partial charge in [-0.25, -0.2) is 0 Å². The Balaban J connectivity index is 2.02. The van der Waals surface area contributed by atoms with Crippen molar-refractivity contribution in [3.8, 4) is 22.3 Å². The smallest absolute Gasteiger partial charge is 0.150 e. The normalized spacial score (nSPS) is 10.3. The van der Waals surface area contributed by atoms with Crippen LogP contribution in [0.2, 0.25) is 0 Å². The van der Waals surface area contributed by atoms with Gasteiger partial charge in [0.2, 0.25) is 0 Å². The monoisotopic (exact) mass is 272 g/mol. The van der Waals surface area contributed by atoms with E-state index >= 15 is 0 Å². The van der Waals surface area contributed by atoms with Crippen LogP contribution in [0.1, 0.15) is 15.9 Å². The summed E-state index contributed by atoms with van der Waals surface area (Å²) in [5.74, 6) is 0. The molecule has 0 fully saturated rings. The Morgan fingerprint density at radius 1 is 0.714 bits per heavy atom. The Morgan fingerprint density at radius 3 is 2.00 bits per heavy atom. The summed E-state index contributed by atoms with van der Waals surface area (Å²) in [6.07, 6.45) is 0.917. The average Bonchev–Trinajstić information content (AvgIpc) is 2.56. The van der Waals surface area contributed by atoms with E-state index in [1.165, 1.54) is 11.1 Å². The number of carbonyl (C=O) groups excluding carboxylic acids is 1. The van der Waals surface area contributed by atoms with E-state index in [2.05, 4.69) is 42.5 Å². The summed E-state index contributed by atoms with van der Waals surface area (Å²) in [4.78, 5) is 11.2. The van der Waals surface area contributed by atoms with E-state index in [0.717, 1.165) is 28.5 Å². The molecule has 0 aliphatic heterocycles. The molecular formula is C20H16O. The summed E-state index contributed by atoms with van der Waals surface area (Å²) in [6.45, 7) is 2.04. The van der Waals surface area contributed by atoms with Crippen LogP contribution in [0.4, 0.5) is 0 Å². The molecule has 0 saturated heterocycles. The Bertz CT molecular complexity index is 756. The lowest BCUT2D eigenvalue weighted by molar-refractivity contribution is 0.112. The number of carbonyl (C=O) groups is 1. The minimum atomic E-state index is 0.730. The molecule has 0 aromatic heterocycles. The van der Waals surface area contributed by atoms with E-state index in [9.17, 15) is 4.79 Å². The van der Waals surface area contributed by atoms with Gasteiger partial charge in [-0.2, -0.15) is 0 Å². The third kappa shape index (κ3) is 2.77. The highest BCUT2D eigenvalue weighted by molar-refractivity contribution is 5.88. The lowest BCUT2D eigenvalue weighted by atomic mass is 9.96. The molecule has 0 unspecified atom stereocenters. The molecule has 0 saturated carbocycles. The summed E-state index contributed by atoms with van der Waals surface area (Å²) in [5.41, 5.74) is 6.32. The first-order chi connectivity index (χ1) is 10.3. The molecule has 102 valence electrons. The molecule has 0 bridgehead atoms. The molecule has 0 N–H and O–H groups in total.